The molecular formula is C11H23N3O. The number of carbonyl (C=O) groups is 1. The van der Waals surface area contributed by atoms with Gasteiger partial charge in [-0.3, -0.25) is 0 Å². The van der Waals surface area contributed by atoms with Crippen LogP contribution in [0, 0.1) is 0 Å². The van der Waals surface area contributed by atoms with Gasteiger partial charge in [0.15, 0.2) is 0 Å². The van der Waals surface area contributed by atoms with E-state index < -0.39 is 0 Å². The number of urea groups is 1. The molecule has 4 heteroatoms. The number of hydrogen-bond donors (Lipinski definition) is 3. The Bertz CT molecular complexity index is 188. The molecule has 0 bridgehead atoms. The number of amides is 2. The molecule has 1 rings (SSSR count). The fourth-order valence-electron chi connectivity index (χ4n) is 1.93. The zero-order chi connectivity index (χ0) is 11.1. The average Bonchev–Trinajstić information content (AvgIpc) is 2.64. The minimum absolute atomic E-state index is 0.0217. The fourth-order valence-corrected chi connectivity index (χ4v) is 1.93. The minimum Gasteiger partial charge on any atom is -0.338 e. The van der Waals surface area contributed by atoms with E-state index in [1.54, 1.807) is 0 Å². The third-order valence-corrected chi connectivity index (χ3v) is 2.81. The summed E-state index contributed by atoms with van der Waals surface area (Å²) in [5.41, 5.74) is 5.61. The van der Waals surface area contributed by atoms with E-state index in [1.165, 1.54) is 12.8 Å². The van der Waals surface area contributed by atoms with Crippen LogP contribution in [0.15, 0.2) is 0 Å². The second kappa shape index (κ2) is 6.67. The Morgan fingerprint density at radius 3 is 2.73 bits per heavy atom. The molecule has 0 spiro atoms. The first-order valence-corrected chi connectivity index (χ1v) is 5.98. The van der Waals surface area contributed by atoms with Crippen molar-refractivity contribution in [2.45, 2.75) is 57.5 Å². The Kier molecular flexibility index (Phi) is 5.47. The SMILES string of the molecule is CC(N)CCCNC(=O)NC1CCCC1. The standard InChI is InChI=1S/C11H23N3O/c1-9(12)5-4-8-13-11(15)14-10-6-2-3-7-10/h9-10H,2-8,12H2,1H3,(H2,13,14,15). The van der Waals surface area contributed by atoms with E-state index in [9.17, 15) is 4.79 Å². The quantitative estimate of drug-likeness (QED) is 0.604. The van der Waals surface area contributed by atoms with Crippen LogP contribution < -0.4 is 16.4 Å². The topological polar surface area (TPSA) is 67.1 Å². The number of hydrogen-bond acceptors (Lipinski definition) is 2. The average molecular weight is 213 g/mol. The molecule has 15 heavy (non-hydrogen) atoms. The van der Waals surface area contributed by atoms with Crippen LogP contribution in [0.5, 0.6) is 0 Å². The maximum absolute atomic E-state index is 11.4. The Morgan fingerprint density at radius 2 is 2.13 bits per heavy atom. The first-order valence-electron chi connectivity index (χ1n) is 5.98. The molecule has 0 saturated heterocycles. The van der Waals surface area contributed by atoms with Crippen molar-refractivity contribution < 1.29 is 4.79 Å². The lowest BCUT2D eigenvalue weighted by Gasteiger charge is -2.13. The Labute approximate surface area is 92.0 Å². The van der Waals surface area contributed by atoms with Crippen molar-refractivity contribution in [3.05, 3.63) is 0 Å². The van der Waals surface area contributed by atoms with Gasteiger partial charge < -0.3 is 16.4 Å². The summed E-state index contributed by atoms with van der Waals surface area (Å²) < 4.78 is 0. The molecule has 0 aliphatic heterocycles. The molecule has 2 amide bonds. The molecular weight excluding hydrogens is 190 g/mol. The highest BCUT2D eigenvalue weighted by Crippen LogP contribution is 2.17. The second-order valence-corrected chi connectivity index (χ2v) is 4.50. The first kappa shape index (κ1) is 12.3. The van der Waals surface area contributed by atoms with Crippen LogP contribution in [0.2, 0.25) is 0 Å². The van der Waals surface area contributed by atoms with Crippen LogP contribution in [0.3, 0.4) is 0 Å². The monoisotopic (exact) mass is 213 g/mol. The normalized spacial score (nSPS) is 18.8. The molecule has 0 radical (unpaired) electrons. The highest BCUT2D eigenvalue weighted by Gasteiger charge is 2.16. The molecule has 4 nitrogen and oxygen atoms in total. The number of carbonyl (C=O) groups excluding carboxylic acids is 1. The van der Waals surface area contributed by atoms with Crippen molar-refractivity contribution >= 4 is 6.03 Å². The van der Waals surface area contributed by atoms with Gasteiger partial charge in [0.2, 0.25) is 0 Å². The van der Waals surface area contributed by atoms with Crippen molar-refractivity contribution in [3.8, 4) is 0 Å². The van der Waals surface area contributed by atoms with Gasteiger partial charge in [0.25, 0.3) is 0 Å². The summed E-state index contributed by atoms with van der Waals surface area (Å²) >= 11 is 0. The molecule has 4 N–H and O–H groups in total. The van der Waals surface area contributed by atoms with Gasteiger partial charge in [-0.15, -0.1) is 0 Å². The van der Waals surface area contributed by atoms with Gasteiger partial charge in [0, 0.05) is 18.6 Å². The third-order valence-electron chi connectivity index (χ3n) is 2.81. The largest absolute Gasteiger partial charge is 0.338 e. The lowest BCUT2D eigenvalue weighted by atomic mass is 10.2. The Balaban J connectivity index is 1.98. The van der Waals surface area contributed by atoms with Gasteiger partial charge in [-0.2, -0.15) is 0 Å². The highest BCUT2D eigenvalue weighted by atomic mass is 16.2. The van der Waals surface area contributed by atoms with Gasteiger partial charge in [0.05, 0.1) is 0 Å². The predicted octanol–water partition coefficient (Wildman–Crippen LogP) is 1.36. The summed E-state index contributed by atoms with van der Waals surface area (Å²) in [5, 5.41) is 5.84. The zero-order valence-electron chi connectivity index (χ0n) is 9.59. The summed E-state index contributed by atoms with van der Waals surface area (Å²) in [7, 11) is 0. The van der Waals surface area contributed by atoms with Gasteiger partial charge >= 0.3 is 6.03 Å². The lowest BCUT2D eigenvalue weighted by Crippen LogP contribution is -2.41. The molecule has 0 aromatic carbocycles. The molecule has 0 aromatic heterocycles. The van der Waals surface area contributed by atoms with Gasteiger partial charge in [0.1, 0.15) is 0 Å². The van der Waals surface area contributed by atoms with Crippen molar-refractivity contribution in [3.63, 3.8) is 0 Å². The van der Waals surface area contributed by atoms with Gasteiger partial charge in [-0.25, -0.2) is 4.79 Å². The van der Waals surface area contributed by atoms with Crippen molar-refractivity contribution in [2.24, 2.45) is 5.73 Å². The number of rotatable bonds is 5. The van der Waals surface area contributed by atoms with Crippen LogP contribution in [-0.4, -0.2) is 24.7 Å². The van der Waals surface area contributed by atoms with E-state index in [0.29, 0.717) is 6.04 Å². The van der Waals surface area contributed by atoms with Crippen LogP contribution >= 0.6 is 0 Å². The second-order valence-electron chi connectivity index (χ2n) is 4.50. The Hall–Kier alpha value is -0.770. The van der Waals surface area contributed by atoms with E-state index in [4.69, 9.17) is 5.73 Å². The van der Waals surface area contributed by atoms with E-state index in [-0.39, 0.29) is 12.1 Å². The smallest absolute Gasteiger partial charge is 0.315 e. The van der Waals surface area contributed by atoms with E-state index in [2.05, 4.69) is 10.6 Å². The lowest BCUT2D eigenvalue weighted by molar-refractivity contribution is 0.237. The molecule has 88 valence electrons. The molecule has 0 heterocycles. The van der Waals surface area contributed by atoms with Crippen molar-refractivity contribution in [1.29, 1.82) is 0 Å². The summed E-state index contributed by atoms with van der Waals surface area (Å²) in [4.78, 5) is 11.4. The van der Waals surface area contributed by atoms with E-state index >= 15 is 0 Å². The number of nitrogens with two attached hydrogens (primary N) is 1. The molecule has 1 unspecified atom stereocenters. The highest BCUT2D eigenvalue weighted by molar-refractivity contribution is 5.74. The zero-order valence-corrected chi connectivity index (χ0v) is 9.59. The maximum atomic E-state index is 11.4. The minimum atomic E-state index is -0.0217. The summed E-state index contributed by atoms with van der Waals surface area (Å²) in [6.45, 7) is 2.71. The fraction of sp³-hybridized carbons (Fsp3) is 0.909. The first-order chi connectivity index (χ1) is 7.18. The van der Waals surface area contributed by atoms with Crippen LogP contribution in [0.25, 0.3) is 0 Å². The molecule has 1 aliphatic carbocycles. The molecule has 1 atom stereocenters. The van der Waals surface area contributed by atoms with Crippen molar-refractivity contribution in [1.82, 2.24) is 10.6 Å². The van der Waals surface area contributed by atoms with Crippen LogP contribution in [0.1, 0.15) is 45.4 Å². The maximum Gasteiger partial charge on any atom is 0.315 e. The predicted molar refractivity (Wildman–Crippen MR) is 61.7 cm³/mol. The summed E-state index contributed by atoms with van der Waals surface area (Å²) in [5.74, 6) is 0. The Morgan fingerprint density at radius 1 is 1.47 bits per heavy atom. The third kappa shape index (κ3) is 5.62. The van der Waals surface area contributed by atoms with Gasteiger partial charge in [-0.05, 0) is 32.6 Å². The molecule has 1 fully saturated rings. The van der Waals surface area contributed by atoms with E-state index in [1.807, 2.05) is 6.92 Å². The molecule has 1 aliphatic rings. The van der Waals surface area contributed by atoms with E-state index in [0.717, 1.165) is 32.2 Å². The van der Waals surface area contributed by atoms with Crippen molar-refractivity contribution in [2.75, 3.05) is 6.54 Å². The summed E-state index contributed by atoms with van der Waals surface area (Å²) in [6, 6.07) is 0.606. The number of nitrogens with one attached hydrogen (secondary N) is 2. The summed E-state index contributed by atoms with van der Waals surface area (Å²) in [6.07, 6.45) is 6.67. The van der Waals surface area contributed by atoms with Gasteiger partial charge in [-0.1, -0.05) is 12.8 Å². The molecule has 0 aromatic rings. The van der Waals surface area contributed by atoms with Crippen LogP contribution in [-0.2, 0) is 0 Å². The molecule has 1 saturated carbocycles. The van der Waals surface area contributed by atoms with Crippen LogP contribution in [0.4, 0.5) is 4.79 Å².